The molecule has 0 spiro atoms. The van der Waals surface area contributed by atoms with Gasteiger partial charge in [0.2, 0.25) is 5.91 Å². The van der Waals surface area contributed by atoms with Crippen LogP contribution >= 0.6 is 11.6 Å². The number of hydrogen-bond donors (Lipinski definition) is 0. The van der Waals surface area contributed by atoms with Crippen LogP contribution in [0.15, 0.2) is 42.7 Å². The van der Waals surface area contributed by atoms with Crippen LogP contribution in [-0.4, -0.2) is 23.5 Å². The largest absolute Gasteiger partial charge is 0.492 e. The van der Waals surface area contributed by atoms with Crippen LogP contribution in [0.3, 0.4) is 0 Å². The Morgan fingerprint density at radius 1 is 0.800 bits per heavy atom. The van der Waals surface area contributed by atoms with Crippen molar-refractivity contribution in [1.29, 1.82) is 0 Å². The third kappa shape index (κ3) is 13.6. The minimum Gasteiger partial charge on any atom is -0.492 e. The highest BCUT2D eigenvalue weighted by atomic mass is 35.5. The smallest absolute Gasteiger partial charge is 0.417 e. The number of hydrogen-bond acceptors (Lipinski definition) is 4. The molecule has 0 unspecified atom stereocenters. The maximum atomic E-state index is 12.7. The molecule has 0 aliphatic heterocycles. The molecule has 1 aromatic carbocycles. The van der Waals surface area contributed by atoms with Crippen LogP contribution in [0.1, 0.15) is 115 Å². The van der Waals surface area contributed by atoms with E-state index in [1.54, 1.807) is 6.07 Å². The molecule has 2 amide bonds. The summed E-state index contributed by atoms with van der Waals surface area (Å²) >= 11 is 6.42. The summed E-state index contributed by atoms with van der Waals surface area (Å²) in [6.45, 7) is 7.48. The van der Waals surface area contributed by atoms with Crippen LogP contribution in [0, 0.1) is 0 Å². The molecule has 0 radical (unpaired) electrons. The molecule has 0 bridgehead atoms. The van der Waals surface area contributed by atoms with Crippen LogP contribution in [0.25, 0.3) is 0 Å². The molecular formula is C33H50ClN2O4+. The standard InChI is InChI=1S/C33H50ClN2O4/c1-4-6-7-8-9-10-11-12-13-14-15-16-24-39-32-18-17-30(25-31(32)34)27-40-33(38)36(28(3)37)26-29-19-22-35(21-5-2)23-20-29/h17-20,22-23,25H,4-16,21,24,26-27H2,1-3H3/q+1. The number of benzene rings is 1. The first kappa shape index (κ1) is 33.6. The Bertz CT molecular complexity index is 996. The van der Waals surface area contributed by atoms with E-state index >= 15 is 0 Å². The van der Waals surface area contributed by atoms with Crippen molar-refractivity contribution in [2.45, 2.75) is 124 Å². The quantitative estimate of drug-likeness (QED) is 0.117. The summed E-state index contributed by atoms with van der Waals surface area (Å²) in [7, 11) is 0. The van der Waals surface area contributed by atoms with Crippen molar-refractivity contribution < 1.29 is 23.6 Å². The molecule has 2 aromatic rings. The molecule has 7 heteroatoms. The number of amides is 2. The Morgan fingerprint density at radius 2 is 1.40 bits per heavy atom. The average Bonchev–Trinajstić information content (AvgIpc) is 2.94. The predicted octanol–water partition coefficient (Wildman–Crippen LogP) is 8.80. The van der Waals surface area contributed by atoms with E-state index in [1.165, 1.54) is 71.1 Å². The van der Waals surface area contributed by atoms with E-state index in [9.17, 15) is 9.59 Å². The molecule has 222 valence electrons. The zero-order chi connectivity index (χ0) is 29.0. The molecule has 6 nitrogen and oxygen atoms in total. The number of nitrogens with zero attached hydrogens (tertiary/aromatic N) is 2. The topological polar surface area (TPSA) is 59.7 Å². The van der Waals surface area contributed by atoms with Crippen molar-refractivity contribution in [3.8, 4) is 5.75 Å². The van der Waals surface area contributed by atoms with Gasteiger partial charge >= 0.3 is 6.09 Å². The van der Waals surface area contributed by atoms with E-state index in [4.69, 9.17) is 21.1 Å². The van der Waals surface area contributed by atoms with Crippen LogP contribution < -0.4 is 9.30 Å². The maximum absolute atomic E-state index is 12.7. The Hall–Kier alpha value is -2.60. The van der Waals surface area contributed by atoms with Crippen LogP contribution in [-0.2, 0) is 29.2 Å². The molecule has 0 aliphatic rings. The van der Waals surface area contributed by atoms with Crippen molar-refractivity contribution >= 4 is 23.6 Å². The van der Waals surface area contributed by atoms with Gasteiger partial charge in [-0.05, 0) is 29.7 Å². The van der Waals surface area contributed by atoms with Gasteiger partial charge < -0.3 is 9.47 Å². The molecular weight excluding hydrogens is 524 g/mol. The first-order chi connectivity index (χ1) is 19.4. The number of carbonyl (C=O) groups is 2. The number of ether oxygens (including phenoxy) is 2. The van der Waals surface area contributed by atoms with Crippen LogP contribution in [0.2, 0.25) is 5.02 Å². The molecule has 0 N–H and O–H groups in total. The highest BCUT2D eigenvalue weighted by Gasteiger charge is 2.20. The number of aryl methyl sites for hydroxylation is 1. The molecule has 1 aromatic heterocycles. The first-order valence-corrected chi connectivity index (χ1v) is 15.7. The van der Waals surface area contributed by atoms with Gasteiger partial charge in [0.05, 0.1) is 18.2 Å². The van der Waals surface area contributed by atoms with Gasteiger partial charge in [-0.1, -0.05) is 102 Å². The van der Waals surface area contributed by atoms with Gasteiger partial charge in [0.1, 0.15) is 18.9 Å². The zero-order valence-corrected chi connectivity index (χ0v) is 25.7. The second-order valence-electron chi connectivity index (χ2n) is 10.6. The van der Waals surface area contributed by atoms with E-state index in [2.05, 4.69) is 18.4 Å². The highest BCUT2D eigenvalue weighted by Crippen LogP contribution is 2.26. The summed E-state index contributed by atoms with van der Waals surface area (Å²) in [5.74, 6) is 0.268. The van der Waals surface area contributed by atoms with Gasteiger partial charge in [-0.25, -0.2) is 14.3 Å². The molecule has 0 fully saturated rings. The fraction of sp³-hybridized carbons (Fsp3) is 0.606. The van der Waals surface area contributed by atoms with Gasteiger partial charge in [-0.3, -0.25) is 4.79 Å². The Labute approximate surface area is 247 Å². The normalized spacial score (nSPS) is 10.9. The lowest BCUT2D eigenvalue weighted by molar-refractivity contribution is -0.697. The van der Waals surface area contributed by atoms with Crippen molar-refractivity contribution in [2.75, 3.05) is 6.61 Å². The number of unbranched alkanes of at least 4 members (excludes halogenated alkanes) is 11. The molecule has 1 heterocycles. The summed E-state index contributed by atoms with van der Waals surface area (Å²) in [5, 5.41) is 0.487. The lowest BCUT2D eigenvalue weighted by Gasteiger charge is -2.19. The van der Waals surface area contributed by atoms with E-state index in [1.807, 2.05) is 36.7 Å². The lowest BCUT2D eigenvalue weighted by atomic mass is 10.1. The Kier molecular flexibility index (Phi) is 17.1. The molecule has 0 atom stereocenters. The Balaban J connectivity index is 1.65. The highest BCUT2D eigenvalue weighted by molar-refractivity contribution is 6.32. The molecule has 0 saturated heterocycles. The van der Waals surface area contributed by atoms with Crippen molar-refractivity contribution in [1.82, 2.24) is 4.90 Å². The summed E-state index contributed by atoms with van der Waals surface area (Å²) in [6.07, 6.45) is 19.9. The fourth-order valence-electron chi connectivity index (χ4n) is 4.59. The molecule has 2 rings (SSSR count). The summed E-state index contributed by atoms with van der Waals surface area (Å²) in [5.41, 5.74) is 1.59. The SMILES string of the molecule is CCCCCCCCCCCCCCOc1ccc(COC(=O)N(Cc2cc[n+](CCC)cc2)C(C)=O)cc1Cl. The van der Waals surface area contributed by atoms with Gasteiger partial charge in [0.25, 0.3) is 0 Å². The summed E-state index contributed by atoms with van der Waals surface area (Å²) in [6, 6.07) is 9.21. The number of pyridine rings is 1. The molecule has 0 aliphatic carbocycles. The summed E-state index contributed by atoms with van der Waals surface area (Å²) < 4.78 is 13.4. The van der Waals surface area contributed by atoms with E-state index in [-0.39, 0.29) is 19.1 Å². The van der Waals surface area contributed by atoms with E-state index in [0.717, 1.165) is 41.8 Å². The van der Waals surface area contributed by atoms with Crippen LogP contribution in [0.4, 0.5) is 4.79 Å². The molecule has 0 saturated carbocycles. The minimum absolute atomic E-state index is 0.0205. The average molecular weight is 574 g/mol. The van der Waals surface area contributed by atoms with Crippen molar-refractivity contribution in [3.63, 3.8) is 0 Å². The second kappa shape index (κ2) is 20.3. The first-order valence-electron chi connectivity index (χ1n) is 15.3. The maximum Gasteiger partial charge on any atom is 0.417 e. The molecule has 40 heavy (non-hydrogen) atoms. The third-order valence-corrected chi connectivity index (χ3v) is 7.29. The zero-order valence-electron chi connectivity index (χ0n) is 25.0. The minimum atomic E-state index is -0.679. The number of carbonyl (C=O) groups excluding carboxylic acids is 2. The lowest BCUT2D eigenvalue weighted by Crippen LogP contribution is -2.36. The van der Waals surface area contributed by atoms with E-state index < -0.39 is 6.09 Å². The number of imide groups is 1. The van der Waals surface area contributed by atoms with E-state index in [0.29, 0.717) is 17.4 Å². The fourth-order valence-corrected chi connectivity index (χ4v) is 4.84. The van der Waals surface area contributed by atoms with Crippen LogP contribution in [0.5, 0.6) is 5.75 Å². The number of aromatic nitrogens is 1. The number of halogens is 1. The van der Waals surface area contributed by atoms with Gasteiger partial charge in [-0.2, -0.15) is 0 Å². The van der Waals surface area contributed by atoms with Crippen molar-refractivity contribution in [3.05, 3.63) is 58.9 Å². The second-order valence-corrected chi connectivity index (χ2v) is 11.0. The van der Waals surface area contributed by atoms with Crippen molar-refractivity contribution in [2.24, 2.45) is 0 Å². The van der Waals surface area contributed by atoms with Gasteiger partial charge in [0, 0.05) is 25.5 Å². The number of rotatable bonds is 20. The monoisotopic (exact) mass is 573 g/mol. The Morgan fingerprint density at radius 3 is 1.95 bits per heavy atom. The van der Waals surface area contributed by atoms with Gasteiger partial charge in [0.15, 0.2) is 12.4 Å². The summed E-state index contributed by atoms with van der Waals surface area (Å²) in [4.78, 5) is 25.9. The van der Waals surface area contributed by atoms with Gasteiger partial charge in [-0.15, -0.1) is 0 Å². The third-order valence-electron chi connectivity index (χ3n) is 7.00. The predicted molar refractivity (Wildman–Crippen MR) is 161 cm³/mol.